The van der Waals surface area contributed by atoms with Crippen molar-refractivity contribution in [2.75, 3.05) is 0 Å². The van der Waals surface area contributed by atoms with Crippen LogP contribution in [-0.4, -0.2) is 19.9 Å². The lowest BCUT2D eigenvalue weighted by molar-refractivity contribution is 0.281. The summed E-state index contributed by atoms with van der Waals surface area (Å²) in [4.78, 5) is 4.12. The number of rotatable bonds is 3. The van der Waals surface area contributed by atoms with E-state index >= 15 is 0 Å². The van der Waals surface area contributed by atoms with E-state index in [2.05, 4.69) is 10.1 Å². The van der Waals surface area contributed by atoms with E-state index in [0.717, 1.165) is 27.6 Å². The van der Waals surface area contributed by atoms with Crippen molar-refractivity contribution >= 4 is 10.9 Å². The Morgan fingerprint density at radius 3 is 2.84 bits per heavy atom. The van der Waals surface area contributed by atoms with E-state index in [1.807, 2.05) is 48.3 Å². The SMILES string of the molecule is Cc1c(CO)ccc2cnn(Cc3cccnc3)c12. The Kier molecular flexibility index (Phi) is 3.01. The molecule has 4 nitrogen and oxygen atoms in total. The number of pyridine rings is 1. The summed E-state index contributed by atoms with van der Waals surface area (Å²) in [6.07, 6.45) is 5.47. The summed E-state index contributed by atoms with van der Waals surface area (Å²) >= 11 is 0. The Labute approximate surface area is 111 Å². The van der Waals surface area contributed by atoms with Crippen LogP contribution in [0.25, 0.3) is 10.9 Å². The van der Waals surface area contributed by atoms with Crippen LogP contribution in [0.1, 0.15) is 16.7 Å². The molecule has 0 amide bonds. The molecule has 3 aromatic rings. The quantitative estimate of drug-likeness (QED) is 0.779. The average molecular weight is 253 g/mol. The molecule has 2 heterocycles. The van der Waals surface area contributed by atoms with Gasteiger partial charge in [-0.05, 0) is 29.7 Å². The molecule has 0 aliphatic rings. The summed E-state index contributed by atoms with van der Waals surface area (Å²) in [6.45, 7) is 2.77. The van der Waals surface area contributed by atoms with E-state index in [9.17, 15) is 5.11 Å². The summed E-state index contributed by atoms with van der Waals surface area (Å²) in [6, 6.07) is 7.91. The molecule has 0 aliphatic carbocycles. The minimum atomic E-state index is 0.0554. The van der Waals surface area contributed by atoms with Crippen LogP contribution in [0.5, 0.6) is 0 Å². The Morgan fingerprint density at radius 2 is 2.11 bits per heavy atom. The topological polar surface area (TPSA) is 50.9 Å². The molecule has 2 aromatic heterocycles. The minimum Gasteiger partial charge on any atom is -0.392 e. The average Bonchev–Trinajstić information content (AvgIpc) is 2.84. The van der Waals surface area contributed by atoms with Gasteiger partial charge in [-0.25, -0.2) is 0 Å². The highest BCUT2D eigenvalue weighted by Gasteiger charge is 2.09. The van der Waals surface area contributed by atoms with Crippen molar-refractivity contribution in [2.45, 2.75) is 20.1 Å². The van der Waals surface area contributed by atoms with Gasteiger partial charge >= 0.3 is 0 Å². The summed E-state index contributed by atoms with van der Waals surface area (Å²) < 4.78 is 1.96. The van der Waals surface area contributed by atoms with Crippen LogP contribution in [0, 0.1) is 6.92 Å². The Balaban J connectivity index is 2.09. The first kappa shape index (κ1) is 11.9. The van der Waals surface area contributed by atoms with Crippen molar-refractivity contribution in [1.29, 1.82) is 0 Å². The number of fused-ring (bicyclic) bond motifs is 1. The molecule has 1 aromatic carbocycles. The molecule has 0 radical (unpaired) electrons. The second-order valence-electron chi connectivity index (χ2n) is 4.61. The fourth-order valence-corrected chi connectivity index (χ4v) is 2.36. The van der Waals surface area contributed by atoms with Gasteiger partial charge in [0.1, 0.15) is 0 Å². The zero-order valence-corrected chi connectivity index (χ0v) is 10.7. The van der Waals surface area contributed by atoms with Crippen molar-refractivity contribution in [3.63, 3.8) is 0 Å². The van der Waals surface area contributed by atoms with Crippen LogP contribution >= 0.6 is 0 Å². The molecule has 4 heteroatoms. The first-order chi connectivity index (χ1) is 9.29. The van der Waals surface area contributed by atoms with Crippen LogP contribution in [0.4, 0.5) is 0 Å². The number of aliphatic hydroxyl groups excluding tert-OH is 1. The van der Waals surface area contributed by atoms with Gasteiger partial charge in [-0.3, -0.25) is 9.67 Å². The molecular formula is C15H15N3O. The predicted octanol–water partition coefficient (Wildman–Crippen LogP) is 2.28. The van der Waals surface area contributed by atoms with Gasteiger partial charge in [0.25, 0.3) is 0 Å². The number of nitrogens with zero attached hydrogens (tertiary/aromatic N) is 3. The van der Waals surface area contributed by atoms with Gasteiger partial charge in [-0.1, -0.05) is 18.2 Å². The first-order valence-corrected chi connectivity index (χ1v) is 6.23. The number of hydrogen-bond donors (Lipinski definition) is 1. The highest BCUT2D eigenvalue weighted by molar-refractivity contribution is 5.83. The van der Waals surface area contributed by atoms with E-state index in [1.165, 1.54) is 0 Å². The number of aromatic nitrogens is 3. The van der Waals surface area contributed by atoms with Crippen LogP contribution in [-0.2, 0) is 13.2 Å². The molecule has 0 unspecified atom stereocenters. The first-order valence-electron chi connectivity index (χ1n) is 6.23. The van der Waals surface area contributed by atoms with Crippen molar-refractivity contribution in [1.82, 2.24) is 14.8 Å². The zero-order chi connectivity index (χ0) is 13.2. The third-order valence-corrected chi connectivity index (χ3v) is 3.39. The summed E-state index contributed by atoms with van der Waals surface area (Å²) in [7, 11) is 0. The molecule has 0 saturated carbocycles. The fourth-order valence-electron chi connectivity index (χ4n) is 2.36. The molecule has 0 bridgehead atoms. The minimum absolute atomic E-state index is 0.0554. The third-order valence-electron chi connectivity index (χ3n) is 3.39. The van der Waals surface area contributed by atoms with E-state index in [4.69, 9.17) is 0 Å². The lowest BCUT2D eigenvalue weighted by Gasteiger charge is -2.08. The Morgan fingerprint density at radius 1 is 1.21 bits per heavy atom. The lowest BCUT2D eigenvalue weighted by atomic mass is 10.1. The second-order valence-corrected chi connectivity index (χ2v) is 4.61. The van der Waals surface area contributed by atoms with Gasteiger partial charge in [-0.2, -0.15) is 5.10 Å². The molecule has 3 rings (SSSR count). The lowest BCUT2D eigenvalue weighted by Crippen LogP contribution is -2.03. The predicted molar refractivity (Wildman–Crippen MR) is 73.7 cm³/mol. The molecule has 96 valence electrons. The standard InChI is InChI=1S/C15H15N3O/c1-11-14(10-19)5-4-13-8-17-18(15(11)13)9-12-3-2-6-16-7-12/h2-8,19H,9-10H2,1H3. The smallest absolute Gasteiger partial charge is 0.0719 e. The number of aliphatic hydroxyl groups is 1. The van der Waals surface area contributed by atoms with Gasteiger partial charge in [-0.15, -0.1) is 0 Å². The second kappa shape index (κ2) is 4.82. The van der Waals surface area contributed by atoms with Crippen molar-refractivity contribution in [3.05, 3.63) is 59.5 Å². The van der Waals surface area contributed by atoms with Gasteiger partial charge in [0.15, 0.2) is 0 Å². The molecule has 0 spiro atoms. The van der Waals surface area contributed by atoms with Crippen LogP contribution in [0.15, 0.2) is 42.9 Å². The summed E-state index contributed by atoms with van der Waals surface area (Å²) in [5.74, 6) is 0. The zero-order valence-electron chi connectivity index (χ0n) is 10.7. The molecule has 0 aliphatic heterocycles. The fraction of sp³-hybridized carbons (Fsp3) is 0.200. The van der Waals surface area contributed by atoms with Gasteiger partial charge in [0.05, 0.1) is 24.9 Å². The molecule has 1 N–H and O–H groups in total. The van der Waals surface area contributed by atoms with Crippen LogP contribution in [0.2, 0.25) is 0 Å². The molecule has 0 atom stereocenters. The Hall–Kier alpha value is -2.20. The maximum absolute atomic E-state index is 9.36. The number of aryl methyl sites for hydroxylation is 1. The highest BCUT2D eigenvalue weighted by Crippen LogP contribution is 2.22. The molecular weight excluding hydrogens is 238 g/mol. The van der Waals surface area contributed by atoms with Crippen molar-refractivity contribution in [2.24, 2.45) is 0 Å². The van der Waals surface area contributed by atoms with Crippen LogP contribution < -0.4 is 0 Å². The van der Waals surface area contributed by atoms with Gasteiger partial charge in [0.2, 0.25) is 0 Å². The summed E-state index contributed by atoms with van der Waals surface area (Å²) in [5, 5.41) is 14.9. The largest absolute Gasteiger partial charge is 0.392 e. The van der Waals surface area contributed by atoms with Crippen molar-refractivity contribution in [3.8, 4) is 0 Å². The van der Waals surface area contributed by atoms with E-state index in [-0.39, 0.29) is 6.61 Å². The van der Waals surface area contributed by atoms with E-state index in [1.54, 1.807) is 6.20 Å². The van der Waals surface area contributed by atoms with Gasteiger partial charge in [0, 0.05) is 17.8 Å². The summed E-state index contributed by atoms with van der Waals surface area (Å²) in [5.41, 5.74) is 4.22. The third kappa shape index (κ3) is 2.11. The molecule has 19 heavy (non-hydrogen) atoms. The monoisotopic (exact) mass is 253 g/mol. The maximum Gasteiger partial charge on any atom is 0.0719 e. The number of hydrogen-bond acceptors (Lipinski definition) is 3. The normalized spacial score (nSPS) is 11.1. The number of benzene rings is 1. The van der Waals surface area contributed by atoms with E-state index < -0.39 is 0 Å². The van der Waals surface area contributed by atoms with Gasteiger partial charge < -0.3 is 5.11 Å². The molecule has 0 fully saturated rings. The Bertz CT molecular complexity index is 704. The van der Waals surface area contributed by atoms with E-state index in [0.29, 0.717) is 6.54 Å². The van der Waals surface area contributed by atoms with Crippen molar-refractivity contribution < 1.29 is 5.11 Å². The van der Waals surface area contributed by atoms with Crippen LogP contribution in [0.3, 0.4) is 0 Å². The highest BCUT2D eigenvalue weighted by atomic mass is 16.3. The molecule has 0 saturated heterocycles. The maximum atomic E-state index is 9.36.